The Morgan fingerprint density at radius 1 is 1.10 bits per heavy atom. The summed E-state index contributed by atoms with van der Waals surface area (Å²) in [7, 11) is 3.99. The lowest BCUT2D eigenvalue weighted by Gasteiger charge is -2.25. The van der Waals surface area contributed by atoms with Crippen LogP contribution in [0.15, 0.2) is 24.3 Å². The Bertz CT molecular complexity index is 720. The molecule has 0 radical (unpaired) electrons. The van der Waals surface area contributed by atoms with Crippen molar-refractivity contribution in [2.75, 3.05) is 27.2 Å². The van der Waals surface area contributed by atoms with Gasteiger partial charge in [0.25, 0.3) is 0 Å². The lowest BCUT2D eigenvalue weighted by atomic mass is 9.81. The third-order valence-corrected chi connectivity index (χ3v) is 6.38. The molecule has 29 heavy (non-hydrogen) atoms. The molecule has 6 nitrogen and oxygen atoms in total. The van der Waals surface area contributed by atoms with Gasteiger partial charge in [-0.1, -0.05) is 44.0 Å². The summed E-state index contributed by atoms with van der Waals surface area (Å²) in [6, 6.07) is 8.54. The van der Waals surface area contributed by atoms with Gasteiger partial charge in [-0.3, -0.25) is 19.3 Å². The van der Waals surface area contributed by atoms with Crippen molar-refractivity contribution in [3.63, 3.8) is 0 Å². The lowest BCUT2D eigenvalue weighted by molar-refractivity contribution is -0.140. The van der Waals surface area contributed by atoms with Crippen molar-refractivity contribution in [1.29, 1.82) is 0 Å². The molecular weight excluding hydrogens is 366 g/mol. The van der Waals surface area contributed by atoms with E-state index in [0.29, 0.717) is 6.54 Å². The van der Waals surface area contributed by atoms with Crippen LogP contribution in [0.5, 0.6) is 0 Å². The predicted octanol–water partition coefficient (Wildman–Crippen LogP) is 2.53. The number of hydrogen-bond acceptors (Lipinski definition) is 4. The number of hydrogen-bond donors (Lipinski definition) is 1. The number of carbonyl (C=O) groups excluding carboxylic acids is 3. The summed E-state index contributed by atoms with van der Waals surface area (Å²) in [4.78, 5) is 40.9. The quantitative estimate of drug-likeness (QED) is 0.682. The minimum Gasteiger partial charge on any atom is -0.354 e. The molecule has 1 aromatic carbocycles. The molecule has 1 saturated carbocycles. The number of rotatable bonds is 8. The third-order valence-electron chi connectivity index (χ3n) is 6.38. The molecule has 6 heteroatoms. The van der Waals surface area contributed by atoms with Crippen LogP contribution in [0.2, 0.25) is 0 Å². The first kappa shape index (κ1) is 21.5. The fourth-order valence-corrected chi connectivity index (χ4v) is 4.54. The van der Waals surface area contributed by atoms with E-state index >= 15 is 0 Å². The normalized spacial score (nSPS) is 22.7. The fourth-order valence-electron chi connectivity index (χ4n) is 4.54. The van der Waals surface area contributed by atoms with Gasteiger partial charge in [0.05, 0.1) is 17.9 Å². The van der Waals surface area contributed by atoms with Crippen molar-refractivity contribution in [2.24, 2.45) is 11.8 Å². The molecule has 1 heterocycles. The van der Waals surface area contributed by atoms with Crippen molar-refractivity contribution in [2.45, 2.75) is 51.5 Å². The van der Waals surface area contributed by atoms with Crippen LogP contribution in [0, 0.1) is 11.8 Å². The molecule has 2 aliphatic rings. The van der Waals surface area contributed by atoms with E-state index in [4.69, 9.17) is 0 Å². The van der Waals surface area contributed by atoms with Gasteiger partial charge >= 0.3 is 0 Å². The molecule has 1 N–H and O–H groups in total. The second-order valence-electron chi connectivity index (χ2n) is 8.45. The predicted molar refractivity (Wildman–Crippen MR) is 112 cm³/mol. The van der Waals surface area contributed by atoms with Crippen molar-refractivity contribution < 1.29 is 14.4 Å². The number of nitrogens with zero attached hydrogens (tertiary/aromatic N) is 2. The summed E-state index contributed by atoms with van der Waals surface area (Å²) in [6.07, 6.45) is 4.79. The summed E-state index contributed by atoms with van der Waals surface area (Å²) in [5.41, 5.74) is 2.44. The Labute approximate surface area is 173 Å². The van der Waals surface area contributed by atoms with Gasteiger partial charge in [-0.05, 0) is 44.5 Å². The summed E-state index contributed by atoms with van der Waals surface area (Å²) < 4.78 is 0. The van der Waals surface area contributed by atoms with Crippen molar-refractivity contribution in [3.8, 4) is 0 Å². The Balaban J connectivity index is 1.51. The Hall–Kier alpha value is -2.21. The van der Waals surface area contributed by atoms with Crippen molar-refractivity contribution in [1.82, 2.24) is 15.1 Å². The molecular formula is C23H33N3O3. The van der Waals surface area contributed by atoms with Crippen LogP contribution in [0.4, 0.5) is 0 Å². The molecule has 2 fully saturated rings. The summed E-state index contributed by atoms with van der Waals surface area (Å²) >= 11 is 0. The molecule has 3 rings (SSSR count). The van der Waals surface area contributed by atoms with E-state index in [0.717, 1.165) is 37.7 Å². The number of likely N-dealkylation sites (N-methyl/N-ethyl adjacent to an activating group) is 1. The zero-order valence-electron chi connectivity index (χ0n) is 17.8. The Kier molecular flexibility index (Phi) is 7.06. The van der Waals surface area contributed by atoms with E-state index in [1.165, 1.54) is 10.5 Å². The van der Waals surface area contributed by atoms with Crippen LogP contribution in [-0.2, 0) is 20.8 Å². The number of likely N-dealkylation sites (tertiary alicyclic amines) is 1. The minimum absolute atomic E-state index is 0.0720. The van der Waals surface area contributed by atoms with E-state index in [1.54, 1.807) is 0 Å². The third kappa shape index (κ3) is 4.86. The molecule has 1 saturated heterocycles. The van der Waals surface area contributed by atoms with Crippen LogP contribution in [0.1, 0.15) is 56.2 Å². The van der Waals surface area contributed by atoms with Crippen molar-refractivity contribution >= 4 is 17.7 Å². The van der Waals surface area contributed by atoms with E-state index < -0.39 is 0 Å². The maximum atomic E-state index is 12.5. The highest BCUT2D eigenvalue weighted by molar-refractivity contribution is 6.05. The summed E-state index contributed by atoms with van der Waals surface area (Å²) in [5, 5.41) is 2.98. The maximum absolute atomic E-state index is 12.5. The first-order valence-electron chi connectivity index (χ1n) is 10.8. The average Bonchev–Trinajstić information content (AvgIpc) is 2.97. The molecule has 3 unspecified atom stereocenters. The van der Waals surface area contributed by atoms with Gasteiger partial charge in [-0.2, -0.15) is 0 Å². The van der Waals surface area contributed by atoms with Crippen LogP contribution < -0.4 is 5.32 Å². The average molecular weight is 400 g/mol. The summed E-state index contributed by atoms with van der Waals surface area (Å²) in [5.74, 6) is -0.575. The number of aryl methyl sites for hydroxylation is 1. The van der Waals surface area contributed by atoms with E-state index in [1.807, 2.05) is 14.1 Å². The topological polar surface area (TPSA) is 69.7 Å². The molecule has 158 valence electrons. The first-order valence-corrected chi connectivity index (χ1v) is 10.8. The number of imide groups is 1. The second-order valence-corrected chi connectivity index (χ2v) is 8.45. The lowest BCUT2D eigenvalue weighted by Crippen LogP contribution is -2.38. The Morgan fingerprint density at radius 3 is 2.21 bits per heavy atom. The number of carbonyl (C=O) groups is 3. The van der Waals surface area contributed by atoms with E-state index in [-0.39, 0.29) is 48.6 Å². The van der Waals surface area contributed by atoms with Crippen LogP contribution in [0.3, 0.4) is 0 Å². The number of fused-ring (bicyclic) bond motifs is 1. The van der Waals surface area contributed by atoms with Gasteiger partial charge in [0.1, 0.15) is 0 Å². The van der Waals surface area contributed by atoms with Crippen LogP contribution in [0.25, 0.3) is 0 Å². The molecule has 3 amide bonds. The monoisotopic (exact) mass is 399 g/mol. The van der Waals surface area contributed by atoms with Gasteiger partial charge < -0.3 is 10.2 Å². The van der Waals surface area contributed by atoms with Gasteiger partial charge in [0.2, 0.25) is 17.7 Å². The second kappa shape index (κ2) is 9.53. The highest BCUT2D eigenvalue weighted by Crippen LogP contribution is 2.37. The number of amides is 3. The van der Waals surface area contributed by atoms with Gasteiger partial charge in [-0.15, -0.1) is 0 Å². The SMILES string of the molecule is CCc1ccc(C(CNC(=O)CCN2C(=O)C3CCCCC3C2=O)N(C)C)cc1. The standard InChI is InChI=1S/C23H33N3O3/c1-4-16-9-11-17(12-10-16)20(25(2)3)15-24-21(27)13-14-26-22(28)18-7-5-6-8-19(18)23(26)29/h9-12,18-20H,4-8,13-15H2,1-3H3,(H,24,27). The van der Waals surface area contributed by atoms with Gasteiger partial charge in [0, 0.05) is 19.5 Å². The van der Waals surface area contributed by atoms with Crippen LogP contribution >= 0.6 is 0 Å². The molecule has 0 aromatic heterocycles. The molecule has 1 aliphatic carbocycles. The summed E-state index contributed by atoms with van der Waals surface area (Å²) in [6.45, 7) is 2.81. The largest absolute Gasteiger partial charge is 0.354 e. The zero-order valence-corrected chi connectivity index (χ0v) is 17.8. The first-order chi connectivity index (χ1) is 13.9. The fraction of sp³-hybridized carbons (Fsp3) is 0.609. The molecule has 0 spiro atoms. The Morgan fingerprint density at radius 2 is 1.69 bits per heavy atom. The smallest absolute Gasteiger partial charge is 0.233 e. The van der Waals surface area contributed by atoms with Gasteiger partial charge in [0.15, 0.2) is 0 Å². The highest BCUT2D eigenvalue weighted by atomic mass is 16.2. The number of benzene rings is 1. The molecule has 1 aromatic rings. The van der Waals surface area contributed by atoms with Crippen molar-refractivity contribution in [3.05, 3.63) is 35.4 Å². The maximum Gasteiger partial charge on any atom is 0.233 e. The van der Waals surface area contributed by atoms with E-state index in [9.17, 15) is 14.4 Å². The number of nitrogens with one attached hydrogen (secondary N) is 1. The molecule has 1 aliphatic heterocycles. The molecule has 3 atom stereocenters. The van der Waals surface area contributed by atoms with Gasteiger partial charge in [-0.25, -0.2) is 0 Å². The van der Waals surface area contributed by atoms with E-state index in [2.05, 4.69) is 41.4 Å². The zero-order chi connectivity index (χ0) is 21.0. The van der Waals surface area contributed by atoms with Crippen LogP contribution in [-0.4, -0.2) is 54.7 Å². The molecule has 0 bridgehead atoms. The highest BCUT2D eigenvalue weighted by Gasteiger charge is 2.47. The minimum atomic E-state index is -0.150.